The lowest BCUT2D eigenvalue weighted by Gasteiger charge is -2.43. The molecule has 5 rings (SSSR count). The minimum Gasteiger partial charge on any atom is -0.453 e. The Morgan fingerprint density at radius 3 is 2.58 bits per heavy atom. The molecule has 0 unspecified atom stereocenters. The lowest BCUT2D eigenvalue weighted by atomic mass is 9.73. The van der Waals surface area contributed by atoms with Crippen molar-refractivity contribution in [2.75, 3.05) is 19.5 Å². The third-order valence-corrected chi connectivity index (χ3v) is 8.37. The van der Waals surface area contributed by atoms with Crippen molar-refractivity contribution in [2.45, 2.75) is 57.0 Å². The van der Waals surface area contributed by atoms with Gasteiger partial charge in [0.05, 0.1) is 59.5 Å². The molecule has 1 aliphatic carbocycles. The molecule has 1 amide bonds. The van der Waals surface area contributed by atoms with Crippen molar-refractivity contribution in [3.05, 3.63) is 71.7 Å². The minimum atomic E-state index is -1.06. The van der Waals surface area contributed by atoms with Gasteiger partial charge in [0.2, 0.25) is 5.95 Å². The van der Waals surface area contributed by atoms with Gasteiger partial charge in [-0.2, -0.15) is 14.9 Å². The molecule has 10 nitrogen and oxygen atoms in total. The molecule has 12 heteroatoms. The second-order valence-electron chi connectivity index (χ2n) is 11.7. The summed E-state index contributed by atoms with van der Waals surface area (Å²) in [4.78, 5) is 22.5. The number of halogens is 2. The number of hydrogen-bond acceptors (Lipinski definition) is 8. The fraction of sp³-hybridized carbons (Fsp3) is 0.387. The fourth-order valence-corrected chi connectivity index (χ4v) is 6.09. The van der Waals surface area contributed by atoms with Crippen molar-refractivity contribution in [1.82, 2.24) is 24.5 Å². The van der Waals surface area contributed by atoms with Gasteiger partial charge in [-0.15, -0.1) is 0 Å². The largest absolute Gasteiger partial charge is 0.453 e. The monoisotopic (exact) mass is 588 g/mol. The Balaban J connectivity index is 1.45. The van der Waals surface area contributed by atoms with E-state index >= 15 is 8.78 Å². The highest BCUT2D eigenvalue weighted by atomic mass is 19.1. The Hall–Kier alpha value is -4.63. The van der Waals surface area contributed by atoms with Gasteiger partial charge >= 0.3 is 6.09 Å². The van der Waals surface area contributed by atoms with Crippen LogP contribution in [0.15, 0.2) is 48.9 Å². The SMILES string of the molecule is COC(=O)N(C)[C@@H]1[C@H](N)C[C@H](c2ccncc2Nc2ncc3ccc(-c4c(F)cc(C(C)(C)C#N)cc4F)nn23)C[C@@H]1C. The quantitative estimate of drug-likeness (QED) is 0.301. The Morgan fingerprint density at radius 2 is 1.93 bits per heavy atom. The number of nitrogens with one attached hydrogen (secondary N) is 1. The molecule has 0 aliphatic heterocycles. The Bertz CT molecular complexity index is 1680. The van der Waals surface area contributed by atoms with Crippen LogP contribution in [0.4, 0.5) is 25.2 Å². The topological polar surface area (TPSA) is 134 Å². The van der Waals surface area contributed by atoms with E-state index in [-0.39, 0.29) is 40.7 Å². The van der Waals surface area contributed by atoms with E-state index < -0.39 is 23.1 Å². The number of hydrogen-bond donors (Lipinski definition) is 2. The number of ether oxygens (including phenoxy) is 1. The molecule has 1 fully saturated rings. The van der Waals surface area contributed by atoms with Crippen molar-refractivity contribution in [3.8, 4) is 17.3 Å². The van der Waals surface area contributed by atoms with Crippen LogP contribution >= 0.6 is 0 Å². The van der Waals surface area contributed by atoms with Gasteiger partial charge < -0.3 is 20.7 Å². The van der Waals surface area contributed by atoms with Crippen LogP contribution in [-0.2, 0) is 10.2 Å². The van der Waals surface area contributed by atoms with Gasteiger partial charge in [-0.3, -0.25) is 4.98 Å². The molecule has 4 aromatic rings. The predicted molar refractivity (Wildman–Crippen MR) is 158 cm³/mol. The Labute approximate surface area is 248 Å². The van der Waals surface area contributed by atoms with Crippen LogP contribution < -0.4 is 11.1 Å². The number of carbonyl (C=O) groups is 1. The zero-order valence-electron chi connectivity index (χ0n) is 24.7. The molecular weight excluding hydrogens is 554 g/mol. The van der Waals surface area contributed by atoms with Crippen LogP contribution in [-0.4, -0.2) is 56.8 Å². The van der Waals surface area contributed by atoms with Gasteiger partial charge in [-0.1, -0.05) is 6.92 Å². The standard InChI is InChI=1S/C31H34F2N8O2/c1-17-10-18(11-24(35)28(17)40(4)30(42)43-5)21-8-9-36-15-26(21)38-29-37-14-20-6-7-25(39-41(20)29)27-22(32)12-19(13-23(27)33)31(2,3)16-34/h6-9,12-15,17-18,24,28H,10-11,35H2,1-5H3,(H,37,38)/t17-,18+,24+,28-/m0/s1. The molecule has 1 saturated carbocycles. The van der Waals surface area contributed by atoms with Gasteiger partial charge in [-0.25, -0.2) is 18.6 Å². The van der Waals surface area contributed by atoms with Crippen LogP contribution in [0.1, 0.15) is 50.7 Å². The summed E-state index contributed by atoms with van der Waals surface area (Å²) in [7, 11) is 3.06. The lowest BCUT2D eigenvalue weighted by molar-refractivity contribution is 0.0778. The van der Waals surface area contributed by atoms with Crippen LogP contribution in [0.3, 0.4) is 0 Å². The first-order chi connectivity index (χ1) is 20.4. The summed E-state index contributed by atoms with van der Waals surface area (Å²) >= 11 is 0. The molecule has 3 N–H and O–H groups in total. The number of amides is 1. The highest BCUT2D eigenvalue weighted by Gasteiger charge is 2.39. The molecule has 3 aromatic heterocycles. The summed E-state index contributed by atoms with van der Waals surface area (Å²) in [5.41, 5.74) is 7.86. The normalized spacial score (nSPS) is 20.4. The number of methoxy groups -OCH3 is 1. The average molecular weight is 589 g/mol. The minimum absolute atomic E-state index is 0.0733. The first-order valence-corrected chi connectivity index (χ1v) is 14.0. The number of nitrogens with two attached hydrogens (primary N) is 1. The van der Waals surface area contributed by atoms with E-state index in [1.807, 2.05) is 6.07 Å². The smallest absolute Gasteiger partial charge is 0.409 e. The van der Waals surface area contributed by atoms with Gasteiger partial charge in [0.15, 0.2) is 0 Å². The number of benzene rings is 1. The molecular formula is C31H34F2N8O2. The first-order valence-electron chi connectivity index (χ1n) is 14.0. The maximum Gasteiger partial charge on any atom is 0.409 e. The maximum absolute atomic E-state index is 15.2. The Kier molecular flexibility index (Phi) is 8.03. The second kappa shape index (κ2) is 11.6. The number of anilines is 2. The molecule has 224 valence electrons. The Morgan fingerprint density at radius 1 is 1.21 bits per heavy atom. The number of pyridine rings is 1. The van der Waals surface area contributed by atoms with Crippen molar-refractivity contribution >= 4 is 23.2 Å². The maximum atomic E-state index is 15.2. The summed E-state index contributed by atoms with van der Waals surface area (Å²) in [6.45, 7) is 5.27. The number of carbonyl (C=O) groups excluding carboxylic acids is 1. The summed E-state index contributed by atoms with van der Waals surface area (Å²) < 4.78 is 36.8. The first kappa shape index (κ1) is 29.8. The lowest BCUT2D eigenvalue weighted by Crippen LogP contribution is -2.55. The molecule has 1 aromatic carbocycles. The van der Waals surface area contributed by atoms with E-state index in [0.29, 0.717) is 23.6 Å². The zero-order valence-corrected chi connectivity index (χ0v) is 24.7. The fourth-order valence-electron chi connectivity index (χ4n) is 6.09. The average Bonchev–Trinajstić information content (AvgIpc) is 3.37. The van der Waals surface area contributed by atoms with Gasteiger partial charge in [0.1, 0.15) is 11.6 Å². The zero-order chi connectivity index (χ0) is 31.1. The number of likely N-dealkylation sites (N-methyl/N-ethyl adjacent to an activating group) is 1. The summed E-state index contributed by atoms with van der Waals surface area (Å²) in [5, 5.41) is 17.2. The van der Waals surface area contributed by atoms with E-state index in [0.717, 1.165) is 12.0 Å². The van der Waals surface area contributed by atoms with Crippen LogP contribution in [0.5, 0.6) is 0 Å². The second-order valence-corrected chi connectivity index (χ2v) is 11.7. The van der Waals surface area contributed by atoms with E-state index in [2.05, 4.69) is 33.4 Å². The van der Waals surface area contributed by atoms with Crippen LogP contribution in [0.25, 0.3) is 16.8 Å². The number of imidazole rings is 1. The number of fused-ring (bicyclic) bond motifs is 1. The van der Waals surface area contributed by atoms with Crippen molar-refractivity contribution in [2.24, 2.45) is 11.7 Å². The molecule has 0 radical (unpaired) electrons. The van der Waals surface area contributed by atoms with Gasteiger partial charge in [-0.05, 0) is 80.0 Å². The van der Waals surface area contributed by atoms with E-state index in [4.69, 9.17) is 10.5 Å². The molecule has 0 saturated heterocycles. The van der Waals surface area contributed by atoms with Crippen molar-refractivity contribution in [3.63, 3.8) is 0 Å². The molecule has 3 heterocycles. The van der Waals surface area contributed by atoms with E-state index in [1.54, 1.807) is 50.5 Å². The predicted octanol–water partition coefficient (Wildman–Crippen LogP) is 5.52. The summed E-state index contributed by atoms with van der Waals surface area (Å²) in [6.07, 6.45) is 6.00. The third-order valence-electron chi connectivity index (χ3n) is 8.37. The highest BCUT2D eigenvalue weighted by molar-refractivity contribution is 5.68. The van der Waals surface area contributed by atoms with Crippen LogP contribution in [0.2, 0.25) is 0 Å². The molecule has 43 heavy (non-hydrogen) atoms. The summed E-state index contributed by atoms with van der Waals surface area (Å²) in [6, 6.07) is 9.11. The van der Waals surface area contributed by atoms with Crippen molar-refractivity contribution < 1.29 is 18.3 Å². The molecule has 1 aliphatic rings. The number of nitrogens with zero attached hydrogens (tertiary/aromatic N) is 6. The molecule has 4 atom stereocenters. The van der Waals surface area contributed by atoms with Gasteiger partial charge in [0, 0.05) is 19.3 Å². The third kappa shape index (κ3) is 5.60. The van der Waals surface area contributed by atoms with Gasteiger partial charge in [0.25, 0.3) is 0 Å². The highest BCUT2D eigenvalue weighted by Crippen LogP contribution is 2.40. The number of aromatic nitrogens is 4. The molecule has 0 spiro atoms. The van der Waals surface area contributed by atoms with Crippen molar-refractivity contribution in [1.29, 1.82) is 5.26 Å². The van der Waals surface area contributed by atoms with Crippen LogP contribution in [0, 0.1) is 28.9 Å². The number of rotatable bonds is 6. The van der Waals surface area contributed by atoms with E-state index in [9.17, 15) is 10.1 Å². The van der Waals surface area contributed by atoms with E-state index in [1.165, 1.54) is 29.8 Å². The number of nitriles is 1. The molecule has 0 bridgehead atoms. The summed E-state index contributed by atoms with van der Waals surface area (Å²) in [5.74, 6) is -1.11.